The van der Waals surface area contributed by atoms with E-state index in [1.807, 2.05) is 25.1 Å². The Kier molecular flexibility index (Phi) is 3.67. The van der Waals surface area contributed by atoms with E-state index in [2.05, 4.69) is 26.8 Å². The van der Waals surface area contributed by atoms with Crippen LogP contribution >= 0.6 is 0 Å². The van der Waals surface area contributed by atoms with Crippen molar-refractivity contribution in [2.24, 2.45) is 5.41 Å². The first-order valence-corrected chi connectivity index (χ1v) is 6.17. The average Bonchev–Trinajstić information content (AvgIpc) is 2.27. The summed E-state index contributed by atoms with van der Waals surface area (Å²) in [4.78, 5) is 12.4. The molecular weight excluding hydrogens is 222 g/mol. The Morgan fingerprint density at radius 2 is 1.72 bits per heavy atom. The minimum Gasteiger partial charge on any atom is -0.292 e. The zero-order valence-electron chi connectivity index (χ0n) is 12.1. The van der Waals surface area contributed by atoms with Crippen molar-refractivity contribution in [1.29, 1.82) is 5.26 Å². The highest BCUT2D eigenvalue weighted by atomic mass is 16.1. The van der Waals surface area contributed by atoms with Crippen LogP contribution < -0.4 is 0 Å². The van der Waals surface area contributed by atoms with Gasteiger partial charge >= 0.3 is 0 Å². The average molecular weight is 243 g/mol. The summed E-state index contributed by atoms with van der Waals surface area (Å²) in [5.74, 6) is -0.103. The highest BCUT2D eigenvalue weighted by molar-refractivity contribution is 6.03. The van der Waals surface area contributed by atoms with Gasteiger partial charge in [0.25, 0.3) is 0 Å². The number of benzene rings is 1. The molecular formula is C16H21NO. The Labute approximate surface area is 110 Å². The molecule has 0 aliphatic rings. The first kappa shape index (κ1) is 14.4. The van der Waals surface area contributed by atoms with Crippen molar-refractivity contribution in [3.05, 3.63) is 34.9 Å². The van der Waals surface area contributed by atoms with Gasteiger partial charge in [-0.1, -0.05) is 32.9 Å². The maximum atomic E-state index is 12.4. The number of nitriles is 1. The van der Waals surface area contributed by atoms with E-state index >= 15 is 0 Å². The van der Waals surface area contributed by atoms with Gasteiger partial charge in [0, 0.05) is 5.56 Å². The highest BCUT2D eigenvalue weighted by Crippen LogP contribution is 2.28. The maximum Gasteiger partial charge on any atom is 0.182 e. The molecule has 2 nitrogen and oxygen atoms in total. The lowest BCUT2D eigenvalue weighted by Crippen LogP contribution is -2.24. The van der Waals surface area contributed by atoms with Crippen LogP contribution in [0.5, 0.6) is 0 Å². The van der Waals surface area contributed by atoms with E-state index in [4.69, 9.17) is 5.26 Å². The van der Waals surface area contributed by atoms with Gasteiger partial charge in [-0.15, -0.1) is 0 Å². The van der Waals surface area contributed by atoms with Crippen molar-refractivity contribution >= 4 is 5.78 Å². The second-order valence-corrected chi connectivity index (χ2v) is 6.35. The molecule has 0 heterocycles. The lowest BCUT2D eigenvalue weighted by atomic mass is 9.80. The van der Waals surface area contributed by atoms with Crippen LogP contribution in [0, 0.1) is 23.7 Å². The van der Waals surface area contributed by atoms with Gasteiger partial charge in [-0.3, -0.25) is 4.79 Å². The van der Waals surface area contributed by atoms with E-state index in [0.717, 1.165) is 11.1 Å². The van der Waals surface area contributed by atoms with E-state index in [0.29, 0.717) is 5.56 Å². The third kappa shape index (κ3) is 2.79. The second kappa shape index (κ2) is 4.57. The summed E-state index contributed by atoms with van der Waals surface area (Å²) < 4.78 is 0. The van der Waals surface area contributed by atoms with Crippen LogP contribution in [0.1, 0.15) is 56.1 Å². The van der Waals surface area contributed by atoms with Gasteiger partial charge in [0.15, 0.2) is 5.78 Å². The zero-order chi connectivity index (χ0) is 14.1. The van der Waals surface area contributed by atoms with Crippen LogP contribution in [0.15, 0.2) is 18.2 Å². The number of hydrogen-bond acceptors (Lipinski definition) is 2. The van der Waals surface area contributed by atoms with Crippen molar-refractivity contribution in [1.82, 2.24) is 0 Å². The summed E-state index contributed by atoms with van der Waals surface area (Å²) in [6.07, 6.45) is 0. The summed E-state index contributed by atoms with van der Waals surface area (Å²) in [5, 5.41) is 9.07. The number of Topliss-reactive ketones (excluding diaryl/α,β-unsaturated/α-hetero) is 1. The number of carbonyl (C=O) groups is 1. The first-order valence-electron chi connectivity index (χ1n) is 6.17. The molecule has 0 N–H and O–H groups in total. The van der Waals surface area contributed by atoms with E-state index in [1.54, 1.807) is 13.8 Å². The van der Waals surface area contributed by atoms with Crippen molar-refractivity contribution in [2.45, 2.75) is 47.0 Å². The fourth-order valence-electron chi connectivity index (χ4n) is 1.72. The standard InChI is InChI=1S/C16H21NO/c1-11-7-8-12(15(2,3)4)9-13(11)14(18)16(5,6)10-17/h7-9H,1-6H3. The molecule has 0 atom stereocenters. The molecule has 18 heavy (non-hydrogen) atoms. The van der Waals surface area contributed by atoms with Gasteiger partial charge in [-0.25, -0.2) is 0 Å². The van der Waals surface area contributed by atoms with Crippen molar-refractivity contribution in [3.8, 4) is 6.07 Å². The molecule has 0 amide bonds. The Morgan fingerprint density at radius 1 is 1.17 bits per heavy atom. The molecule has 0 unspecified atom stereocenters. The molecule has 1 rings (SSSR count). The monoisotopic (exact) mass is 243 g/mol. The molecule has 0 aliphatic heterocycles. The summed E-state index contributed by atoms with van der Waals surface area (Å²) in [5.41, 5.74) is 1.73. The van der Waals surface area contributed by atoms with Gasteiger partial charge in [-0.2, -0.15) is 5.26 Å². The van der Waals surface area contributed by atoms with Gasteiger partial charge < -0.3 is 0 Å². The molecule has 0 aromatic heterocycles. The number of aryl methyl sites for hydroxylation is 1. The molecule has 0 bridgehead atoms. The molecule has 96 valence electrons. The van der Waals surface area contributed by atoms with Gasteiger partial charge in [0.1, 0.15) is 5.41 Å². The SMILES string of the molecule is Cc1ccc(C(C)(C)C)cc1C(=O)C(C)(C)C#N. The van der Waals surface area contributed by atoms with Crippen LogP contribution in [-0.4, -0.2) is 5.78 Å². The third-order valence-corrected chi connectivity index (χ3v) is 3.20. The van der Waals surface area contributed by atoms with Crippen LogP contribution in [0.25, 0.3) is 0 Å². The Hall–Kier alpha value is -1.62. The molecule has 0 radical (unpaired) electrons. The molecule has 0 aliphatic carbocycles. The third-order valence-electron chi connectivity index (χ3n) is 3.20. The molecule has 0 fully saturated rings. The van der Waals surface area contributed by atoms with Crippen molar-refractivity contribution < 1.29 is 4.79 Å². The van der Waals surface area contributed by atoms with Gasteiger partial charge in [0.2, 0.25) is 0 Å². The van der Waals surface area contributed by atoms with E-state index in [1.165, 1.54) is 0 Å². The van der Waals surface area contributed by atoms with Crippen LogP contribution in [0.2, 0.25) is 0 Å². The lowest BCUT2D eigenvalue weighted by Gasteiger charge is -2.22. The fraction of sp³-hybridized carbons (Fsp3) is 0.500. The maximum absolute atomic E-state index is 12.4. The smallest absolute Gasteiger partial charge is 0.182 e. The predicted octanol–water partition coefficient (Wildman–Crippen LogP) is 4.03. The molecule has 1 aromatic rings. The summed E-state index contributed by atoms with van der Waals surface area (Å²) >= 11 is 0. The molecule has 0 saturated carbocycles. The summed E-state index contributed by atoms with van der Waals surface area (Å²) in [7, 11) is 0. The number of nitrogens with zero attached hydrogens (tertiary/aromatic N) is 1. The predicted molar refractivity (Wildman–Crippen MR) is 73.6 cm³/mol. The number of ketones is 1. The normalized spacial score (nSPS) is 12.1. The fourth-order valence-corrected chi connectivity index (χ4v) is 1.72. The zero-order valence-corrected chi connectivity index (χ0v) is 12.1. The van der Waals surface area contributed by atoms with Gasteiger partial charge in [-0.05, 0) is 43.4 Å². The van der Waals surface area contributed by atoms with Gasteiger partial charge in [0.05, 0.1) is 6.07 Å². The number of rotatable bonds is 2. The van der Waals surface area contributed by atoms with Crippen molar-refractivity contribution in [2.75, 3.05) is 0 Å². The molecule has 2 heteroatoms. The Morgan fingerprint density at radius 3 is 2.17 bits per heavy atom. The van der Waals surface area contributed by atoms with E-state index in [9.17, 15) is 4.79 Å². The topological polar surface area (TPSA) is 40.9 Å². The lowest BCUT2D eigenvalue weighted by molar-refractivity contribution is 0.0891. The van der Waals surface area contributed by atoms with Crippen molar-refractivity contribution in [3.63, 3.8) is 0 Å². The summed E-state index contributed by atoms with van der Waals surface area (Å²) in [6.45, 7) is 11.6. The first-order chi connectivity index (χ1) is 8.09. The second-order valence-electron chi connectivity index (χ2n) is 6.35. The van der Waals surface area contributed by atoms with Crippen LogP contribution in [0.4, 0.5) is 0 Å². The molecule has 0 saturated heterocycles. The highest BCUT2D eigenvalue weighted by Gasteiger charge is 2.30. The van der Waals surface area contributed by atoms with E-state index < -0.39 is 5.41 Å². The minimum atomic E-state index is -0.971. The van der Waals surface area contributed by atoms with Crippen LogP contribution in [0.3, 0.4) is 0 Å². The Bertz CT molecular complexity index is 513. The quantitative estimate of drug-likeness (QED) is 0.736. The molecule has 0 spiro atoms. The summed E-state index contributed by atoms with van der Waals surface area (Å²) in [6, 6.07) is 8.01. The largest absolute Gasteiger partial charge is 0.292 e. The van der Waals surface area contributed by atoms with Crippen LogP contribution in [-0.2, 0) is 5.41 Å². The van der Waals surface area contributed by atoms with E-state index in [-0.39, 0.29) is 11.2 Å². The Balaban J connectivity index is 3.35. The molecule has 1 aromatic carbocycles. The number of carbonyl (C=O) groups excluding carboxylic acids is 1. The minimum absolute atomic E-state index is 0.000480. The number of hydrogen-bond donors (Lipinski definition) is 0.